The molecule has 2 heterocycles. The number of anilines is 1. The first-order valence-corrected chi connectivity index (χ1v) is 9.43. The number of hydrogen-bond acceptors (Lipinski definition) is 5. The van der Waals surface area contributed by atoms with E-state index in [4.69, 9.17) is 27.7 Å². The number of carbonyl (C=O) groups excluding carboxylic acids is 1. The van der Waals surface area contributed by atoms with E-state index < -0.39 is 0 Å². The first-order chi connectivity index (χ1) is 14.1. The van der Waals surface area contributed by atoms with Gasteiger partial charge in [-0.05, 0) is 23.8 Å². The Labute approximate surface area is 176 Å². The molecule has 8 heteroatoms. The highest BCUT2D eigenvalue weighted by atomic mass is 35.5. The molecule has 0 radical (unpaired) electrons. The number of halogens is 2. The first-order valence-electron chi connectivity index (χ1n) is 8.67. The Morgan fingerprint density at radius 3 is 2.48 bits per heavy atom. The lowest BCUT2D eigenvalue weighted by Gasteiger charge is -2.07. The van der Waals surface area contributed by atoms with Gasteiger partial charge in [-0.2, -0.15) is 0 Å². The maximum absolute atomic E-state index is 12.6. The van der Waals surface area contributed by atoms with Crippen LogP contribution in [0.2, 0.25) is 10.0 Å². The molecule has 0 spiro atoms. The van der Waals surface area contributed by atoms with E-state index >= 15 is 0 Å². The Morgan fingerprint density at radius 2 is 1.76 bits per heavy atom. The molecule has 4 aromatic rings. The van der Waals surface area contributed by atoms with Gasteiger partial charge in [-0.1, -0.05) is 64.8 Å². The number of rotatable bonds is 5. The zero-order valence-corrected chi connectivity index (χ0v) is 16.5. The van der Waals surface area contributed by atoms with Gasteiger partial charge in [-0.3, -0.25) is 10.1 Å². The number of carbonyl (C=O) groups is 1. The highest BCUT2D eigenvalue weighted by Crippen LogP contribution is 2.39. The molecule has 0 aliphatic carbocycles. The van der Waals surface area contributed by atoms with E-state index in [1.165, 1.54) is 6.33 Å². The molecule has 29 heavy (non-hydrogen) atoms. The Bertz CT molecular complexity index is 1160. The van der Waals surface area contributed by atoms with Crippen LogP contribution in [0.1, 0.15) is 5.56 Å². The molecular formula is C21H14Cl2N4O2. The van der Waals surface area contributed by atoms with Gasteiger partial charge in [0.1, 0.15) is 12.0 Å². The number of benzene rings is 2. The van der Waals surface area contributed by atoms with Crippen LogP contribution in [0.5, 0.6) is 0 Å². The topological polar surface area (TPSA) is 80.9 Å². The molecule has 0 aliphatic rings. The highest BCUT2D eigenvalue weighted by molar-refractivity contribution is 6.33. The molecule has 0 bridgehead atoms. The normalized spacial score (nSPS) is 10.7. The second-order valence-corrected chi connectivity index (χ2v) is 6.94. The van der Waals surface area contributed by atoms with Crippen molar-refractivity contribution < 1.29 is 9.32 Å². The van der Waals surface area contributed by atoms with Crippen LogP contribution in [-0.2, 0) is 11.2 Å². The van der Waals surface area contributed by atoms with Crippen LogP contribution in [0.3, 0.4) is 0 Å². The number of aromatic nitrogens is 3. The van der Waals surface area contributed by atoms with Crippen LogP contribution in [0.4, 0.5) is 5.88 Å². The Hall–Kier alpha value is -3.22. The van der Waals surface area contributed by atoms with Crippen LogP contribution in [-0.4, -0.2) is 21.0 Å². The van der Waals surface area contributed by atoms with Gasteiger partial charge in [0.2, 0.25) is 11.8 Å². The van der Waals surface area contributed by atoms with E-state index in [2.05, 4.69) is 20.4 Å². The molecule has 0 unspecified atom stereocenters. The fourth-order valence-corrected chi connectivity index (χ4v) is 3.30. The quantitative estimate of drug-likeness (QED) is 0.470. The second-order valence-electron chi connectivity index (χ2n) is 6.13. The van der Waals surface area contributed by atoms with E-state index in [9.17, 15) is 4.79 Å². The van der Waals surface area contributed by atoms with Crippen molar-refractivity contribution >= 4 is 35.0 Å². The van der Waals surface area contributed by atoms with Gasteiger partial charge < -0.3 is 4.52 Å². The van der Waals surface area contributed by atoms with E-state index in [0.717, 1.165) is 0 Å². The molecule has 0 fully saturated rings. The van der Waals surface area contributed by atoms with Gasteiger partial charge in [0.15, 0.2) is 0 Å². The van der Waals surface area contributed by atoms with Gasteiger partial charge in [0, 0.05) is 16.8 Å². The summed E-state index contributed by atoms with van der Waals surface area (Å²) >= 11 is 12.5. The molecule has 1 N–H and O–H groups in total. The van der Waals surface area contributed by atoms with Crippen molar-refractivity contribution in [1.29, 1.82) is 0 Å². The van der Waals surface area contributed by atoms with Crippen LogP contribution in [0, 0.1) is 0 Å². The minimum Gasteiger partial charge on any atom is -0.337 e. The molecule has 1 amide bonds. The fourth-order valence-electron chi connectivity index (χ4n) is 2.87. The summed E-state index contributed by atoms with van der Waals surface area (Å²) in [5.74, 6) is -0.120. The predicted molar refractivity (Wildman–Crippen MR) is 112 cm³/mol. The van der Waals surface area contributed by atoms with Crippen molar-refractivity contribution in [3.63, 3.8) is 0 Å². The van der Waals surface area contributed by atoms with E-state index in [1.54, 1.807) is 30.5 Å². The SMILES string of the molecule is O=C(Cc1ccccc1Cl)Nc1onc(-c2ccccc2Cl)c1-c1ccncn1. The maximum Gasteiger partial charge on any atom is 0.241 e. The molecule has 144 valence electrons. The second kappa shape index (κ2) is 8.43. The molecule has 0 saturated heterocycles. The van der Waals surface area contributed by atoms with Crippen molar-refractivity contribution in [2.75, 3.05) is 5.32 Å². The Kier molecular flexibility index (Phi) is 5.55. The lowest BCUT2D eigenvalue weighted by molar-refractivity contribution is -0.115. The Morgan fingerprint density at radius 1 is 1.00 bits per heavy atom. The van der Waals surface area contributed by atoms with Crippen LogP contribution in [0.25, 0.3) is 22.5 Å². The zero-order valence-electron chi connectivity index (χ0n) is 15.0. The fraction of sp³-hybridized carbons (Fsp3) is 0.0476. The average Bonchev–Trinajstić information content (AvgIpc) is 3.14. The van der Waals surface area contributed by atoms with Gasteiger partial charge in [-0.25, -0.2) is 9.97 Å². The van der Waals surface area contributed by atoms with Crippen LogP contribution < -0.4 is 5.32 Å². The third kappa shape index (κ3) is 4.13. The highest BCUT2D eigenvalue weighted by Gasteiger charge is 2.23. The van der Waals surface area contributed by atoms with Crippen LogP contribution in [0.15, 0.2) is 71.6 Å². The van der Waals surface area contributed by atoms with E-state index in [1.807, 2.05) is 30.3 Å². The average molecular weight is 425 g/mol. The van der Waals surface area contributed by atoms with Crippen molar-refractivity contribution in [1.82, 2.24) is 15.1 Å². The lowest BCUT2D eigenvalue weighted by atomic mass is 10.0. The Balaban J connectivity index is 1.71. The van der Waals surface area contributed by atoms with Crippen LogP contribution >= 0.6 is 23.2 Å². The molecule has 0 aliphatic heterocycles. The third-order valence-corrected chi connectivity index (χ3v) is 4.92. The summed E-state index contributed by atoms with van der Waals surface area (Å²) in [6.45, 7) is 0. The summed E-state index contributed by atoms with van der Waals surface area (Å²) < 4.78 is 5.46. The van der Waals surface area contributed by atoms with Crippen molar-refractivity contribution in [3.05, 3.63) is 82.7 Å². The maximum atomic E-state index is 12.6. The summed E-state index contributed by atoms with van der Waals surface area (Å²) in [5, 5.41) is 7.93. The largest absolute Gasteiger partial charge is 0.337 e. The summed E-state index contributed by atoms with van der Waals surface area (Å²) in [7, 11) is 0. The molecular weight excluding hydrogens is 411 g/mol. The summed E-state index contributed by atoms with van der Waals surface area (Å²) in [6, 6.07) is 16.1. The number of hydrogen-bond donors (Lipinski definition) is 1. The first kappa shape index (κ1) is 19.1. The van der Waals surface area contributed by atoms with Gasteiger partial charge >= 0.3 is 0 Å². The van der Waals surface area contributed by atoms with Gasteiger partial charge in [0.25, 0.3) is 0 Å². The number of nitrogens with one attached hydrogen (secondary N) is 1. The zero-order chi connectivity index (χ0) is 20.2. The lowest BCUT2D eigenvalue weighted by Crippen LogP contribution is -2.14. The molecule has 6 nitrogen and oxygen atoms in total. The van der Waals surface area contributed by atoms with E-state index in [-0.39, 0.29) is 18.2 Å². The summed E-state index contributed by atoms with van der Waals surface area (Å²) in [5.41, 5.74) is 2.92. The van der Waals surface area contributed by atoms with E-state index in [0.29, 0.717) is 38.1 Å². The molecule has 0 saturated carbocycles. The number of nitrogens with zero attached hydrogens (tertiary/aromatic N) is 3. The van der Waals surface area contributed by atoms with Gasteiger partial charge in [0.05, 0.1) is 22.7 Å². The standard InChI is InChI=1S/C21H14Cl2N4O2/c22-15-7-3-1-5-13(15)11-18(28)26-21-19(17-9-10-24-12-25-17)20(27-29-21)14-6-2-4-8-16(14)23/h1-10,12H,11H2,(H,26,28). The van der Waals surface area contributed by atoms with Crippen molar-refractivity contribution in [2.45, 2.75) is 6.42 Å². The molecule has 2 aromatic heterocycles. The molecule has 2 aromatic carbocycles. The smallest absolute Gasteiger partial charge is 0.241 e. The third-order valence-electron chi connectivity index (χ3n) is 4.22. The van der Waals surface area contributed by atoms with Crippen molar-refractivity contribution in [2.24, 2.45) is 0 Å². The summed E-state index contributed by atoms with van der Waals surface area (Å²) in [6.07, 6.45) is 3.10. The minimum absolute atomic E-state index is 0.0883. The summed E-state index contributed by atoms with van der Waals surface area (Å²) in [4.78, 5) is 20.8. The predicted octanol–water partition coefficient (Wildman–Crippen LogP) is 5.29. The molecule has 4 rings (SSSR count). The minimum atomic E-state index is -0.296. The van der Waals surface area contributed by atoms with Gasteiger partial charge in [-0.15, -0.1) is 0 Å². The number of amides is 1. The van der Waals surface area contributed by atoms with Crippen molar-refractivity contribution in [3.8, 4) is 22.5 Å². The molecule has 0 atom stereocenters. The monoisotopic (exact) mass is 424 g/mol.